The Kier molecular flexibility index (Phi) is 10.3. The van der Waals surface area contributed by atoms with Gasteiger partial charge in [0, 0.05) is 21.8 Å². The minimum atomic E-state index is -0.556. The number of benzene rings is 6. The Morgan fingerprint density at radius 2 is 1.35 bits per heavy atom. The molecule has 1 atom stereocenters. The molecule has 0 aromatic heterocycles. The van der Waals surface area contributed by atoms with E-state index in [9.17, 15) is 14.4 Å². The molecular formula is C42H35N3O3S. The summed E-state index contributed by atoms with van der Waals surface area (Å²) in [6.45, 7) is 4.01. The third kappa shape index (κ3) is 8.15. The molecule has 0 heterocycles. The van der Waals surface area contributed by atoms with E-state index in [0.29, 0.717) is 11.3 Å². The van der Waals surface area contributed by atoms with Crippen LogP contribution in [0.5, 0.6) is 0 Å². The number of hydrogen-bond acceptors (Lipinski definition) is 4. The Labute approximate surface area is 290 Å². The summed E-state index contributed by atoms with van der Waals surface area (Å²) in [5.41, 5.74) is 5.59. The van der Waals surface area contributed by atoms with Gasteiger partial charge in [-0.15, -0.1) is 11.8 Å². The summed E-state index contributed by atoms with van der Waals surface area (Å²) >= 11 is 1.39. The average molecular weight is 662 g/mol. The zero-order chi connectivity index (χ0) is 34.2. The minimum absolute atomic E-state index is 0.0957. The van der Waals surface area contributed by atoms with Crippen molar-refractivity contribution >= 4 is 57.7 Å². The van der Waals surface area contributed by atoms with Crippen molar-refractivity contribution in [3.05, 3.63) is 179 Å². The van der Waals surface area contributed by atoms with Crippen LogP contribution < -0.4 is 16.0 Å². The second kappa shape index (κ2) is 15.3. The lowest BCUT2D eigenvalue weighted by molar-refractivity contribution is -0.116. The number of hydrogen-bond donors (Lipinski definition) is 3. The fourth-order valence-electron chi connectivity index (χ4n) is 5.44. The highest BCUT2D eigenvalue weighted by molar-refractivity contribution is 8.00. The first kappa shape index (κ1) is 33.0. The summed E-state index contributed by atoms with van der Waals surface area (Å²) in [6, 6.07) is 45.3. The van der Waals surface area contributed by atoms with Gasteiger partial charge in [0.15, 0.2) is 0 Å². The zero-order valence-corrected chi connectivity index (χ0v) is 28.0. The molecule has 0 saturated carbocycles. The van der Waals surface area contributed by atoms with E-state index in [4.69, 9.17) is 0 Å². The minimum Gasteiger partial charge on any atom is -0.325 e. The predicted octanol–water partition coefficient (Wildman–Crippen LogP) is 9.34. The molecule has 0 aliphatic carbocycles. The van der Waals surface area contributed by atoms with Crippen molar-refractivity contribution in [2.75, 3.05) is 10.6 Å². The summed E-state index contributed by atoms with van der Waals surface area (Å²) in [7, 11) is 0. The number of fused-ring (bicyclic) bond motifs is 1. The van der Waals surface area contributed by atoms with Gasteiger partial charge in [-0.05, 0) is 89.3 Å². The van der Waals surface area contributed by atoms with E-state index in [2.05, 4.69) is 16.0 Å². The van der Waals surface area contributed by atoms with Gasteiger partial charge in [0.05, 0.1) is 0 Å². The van der Waals surface area contributed by atoms with Crippen molar-refractivity contribution < 1.29 is 14.4 Å². The van der Waals surface area contributed by atoms with Gasteiger partial charge in [0.25, 0.3) is 11.8 Å². The molecule has 6 aromatic carbocycles. The summed E-state index contributed by atoms with van der Waals surface area (Å²) in [5, 5.41) is 10.3. The molecule has 0 bridgehead atoms. The number of anilines is 2. The lowest BCUT2D eigenvalue weighted by atomic mass is 10.0. The molecule has 0 spiro atoms. The molecule has 0 radical (unpaired) electrons. The van der Waals surface area contributed by atoms with Gasteiger partial charge < -0.3 is 16.0 Å². The van der Waals surface area contributed by atoms with Gasteiger partial charge >= 0.3 is 0 Å². The standard InChI is InChI=1S/C42H35N3O3S/c1-28-14-11-25-37(29(28)2)44-42(48)39(31-16-5-3-6-17-31)49-35-23-13-22-34(27-35)43-41(47)38(45-40(46)32-18-7-4-8-19-32)26-33-21-12-20-30-15-9-10-24-36(30)33/h3-27,39H,1-2H3,(H,43,47)(H,44,48)(H,45,46)/b38-26+. The molecule has 3 amide bonds. The number of aryl methyl sites for hydroxylation is 1. The molecule has 6 rings (SSSR count). The van der Waals surface area contributed by atoms with Gasteiger partial charge in [0.2, 0.25) is 5.91 Å². The van der Waals surface area contributed by atoms with Crippen LogP contribution in [0.15, 0.2) is 156 Å². The number of rotatable bonds is 10. The van der Waals surface area contributed by atoms with Crippen LogP contribution in [0.25, 0.3) is 16.8 Å². The first-order chi connectivity index (χ1) is 23.9. The normalized spacial score (nSPS) is 11.8. The fraction of sp³-hybridized carbons (Fsp3) is 0.0714. The van der Waals surface area contributed by atoms with Crippen LogP contribution in [0.1, 0.15) is 37.9 Å². The SMILES string of the molecule is Cc1cccc(NC(=O)C(Sc2cccc(NC(=O)/C(=C\c3cccc4ccccc34)NC(=O)c3ccccc3)c2)c2ccccc2)c1C. The summed E-state index contributed by atoms with van der Waals surface area (Å²) < 4.78 is 0. The largest absolute Gasteiger partial charge is 0.325 e. The molecule has 242 valence electrons. The van der Waals surface area contributed by atoms with E-state index >= 15 is 0 Å². The molecule has 7 heteroatoms. The topological polar surface area (TPSA) is 87.3 Å². The Morgan fingerprint density at radius 1 is 0.673 bits per heavy atom. The first-order valence-electron chi connectivity index (χ1n) is 15.9. The highest BCUT2D eigenvalue weighted by atomic mass is 32.2. The highest BCUT2D eigenvalue weighted by Crippen LogP contribution is 2.37. The Morgan fingerprint density at radius 3 is 2.14 bits per heavy atom. The van der Waals surface area contributed by atoms with Gasteiger partial charge in [-0.2, -0.15) is 0 Å². The van der Waals surface area contributed by atoms with Crippen molar-refractivity contribution in [2.24, 2.45) is 0 Å². The highest BCUT2D eigenvalue weighted by Gasteiger charge is 2.23. The number of nitrogens with one attached hydrogen (secondary N) is 3. The Balaban J connectivity index is 1.27. The summed E-state index contributed by atoms with van der Waals surface area (Å²) in [6.07, 6.45) is 1.69. The maximum Gasteiger partial charge on any atom is 0.272 e. The van der Waals surface area contributed by atoms with E-state index in [0.717, 1.165) is 43.6 Å². The van der Waals surface area contributed by atoms with Crippen LogP contribution in [-0.4, -0.2) is 17.7 Å². The fourth-order valence-corrected chi connectivity index (χ4v) is 6.52. The van der Waals surface area contributed by atoms with Crippen molar-refractivity contribution in [3.8, 4) is 0 Å². The molecule has 3 N–H and O–H groups in total. The molecule has 0 saturated heterocycles. The van der Waals surface area contributed by atoms with Gasteiger partial charge in [-0.3, -0.25) is 14.4 Å². The van der Waals surface area contributed by atoms with Crippen LogP contribution in [0.4, 0.5) is 11.4 Å². The van der Waals surface area contributed by atoms with Crippen molar-refractivity contribution in [1.82, 2.24) is 5.32 Å². The van der Waals surface area contributed by atoms with E-state index in [1.165, 1.54) is 11.8 Å². The number of carbonyl (C=O) groups is 3. The second-order valence-electron chi connectivity index (χ2n) is 11.6. The molecule has 0 fully saturated rings. The van der Waals surface area contributed by atoms with Crippen LogP contribution >= 0.6 is 11.8 Å². The quantitative estimate of drug-likeness (QED) is 0.101. The lowest BCUT2D eigenvalue weighted by Crippen LogP contribution is -2.30. The Bertz CT molecular complexity index is 2160. The van der Waals surface area contributed by atoms with Crippen molar-refractivity contribution in [2.45, 2.75) is 24.0 Å². The maximum absolute atomic E-state index is 13.9. The lowest BCUT2D eigenvalue weighted by Gasteiger charge is -2.19. The third-order valence-corrected chi connectivity index (χ3v) is 9.45. The third-order valence-electron chi connectivity index (χ3n) is 8.20. The van der Waals surface area contributed by atoms with Crippen LogP contribution in [0, 0.1) is 13.8 Å². The van der Waals surface area contributed by atoms with E-state index in [1.807, 2.05) is 129 Å². The van der Waals surface area contributed by atoms with Crippen LogP contribution in [0.2, 0.25) is 0 Å². The molecule has 6 nitrogen and oxygen atoms in total. The van der Waals surface area contributed by atoms with Gasteiger partial charge in [-0.25, -0.2) is 0 Å². The number of thioether (sulfide) groups is 1. The van der Waals surface area contributed by atoms with Crippen molar-refractivity contribution in [1.29, 1.82) is 0 Å². The van der Waals surface area contributed by atoms with Gasteiger partial charge in [0.1, 0.15) is 10.9 Å². The number of amides is 3. The predicted molar refractivity (Wildman–Crippen MR) is 200 cm³/mol. The second-order valence-corrected chi connectivity index (χ2v) is 12.8. The smallest absolute Gasteiger partial charge is 0.272 e. The van der Waals surface area contributed by atoms with E-state index in [1.54, 1.807) is 36.4 Å². The Hall–Kier alpha value is -5.92. The monoisotopic (exact) mass is 661 g/mol. The molecule has 0 aliphatic heterocycles. The summed E-state index contributed by atoms with van der Waals surface area (Å²) in [4.78, 5) is 41.7. The maximum atomic E-state index is 13.9. The molecule has 49 heavy (non-hydrogen) atoms. The average Bonchev–Trinajstić information content (AvgIpc) is 3.13. The van der Waals surface area contributed by atoms with Crippen LogP contribution in [0.3, 0.4) is 0 Å². The van der Waals surface area contributed by atoms with E-state index < -0.39 is 17.1 Å². The molecule has 1 unspecified atom stereocenters. The zero-order valence-electron chi connectivity index (χ0n) is 27.1. The number of carbonyl (C=O) groups excluding carboxylic acids is 3. The molecular weight excluding hydrogens is 627 g/mol. The molecule has 0 aliphatic rings. The molecule has 6 aromatic rings. The van der Waals surface area contributed by atoms with Crippen LogP contribution in [-0.2, 0) is 9.59 Å². The first-order valence-corrected chi connectivity index (χ1v) is 16.8. The van der Waals surface area contributed by atoms with E-state index in [-0.39, 0.29) is 11.6 Å². The van der Waals surface area contributed by atoms with Gasteiger partial charge in [-0.1, -0.05) is 109 Å². The summed E-state index contributed by atoms with van der Waals surface area (Å²) in [5.74, 6) is -1.03. The van der Waals surface area contributed by atoms with Crippen molar-refractivity contribution in [3.63, 3.8) is 0 Å².